The van der Waals surface area contributed by atoms with Crippen LogP contribution in [0, 0.1) is 24.6 Å². The number of ether oxygens (including phenoxy) is 1. The molecule has 0 saturated carbocycles. The summed E-state index contributed by atoms with van der Waals surface area (Å²) >= 11 is 0. The summed E-state index contributed by atoms with van der Waals surface area (Å²) in [6.07, 6.45) is 0.897. The quantitative estimate of drug-likeness (QED) is 0.895. The number of morpholine rings is 1. The van der Waals surface area contributed by atoms with Crippen LogP contribution in [0.1, 0.15) is 22.3 Å². The van der Waals surface area contributed by atoms with Gasteiger partial charge in [-0.1, -0.05) is 6.07 Å². The van der Waals surface area contributed by atoms with Crippen LogP contribution < -0.4 is 0 Å². The van der Waals surface area contributed by atoms with Gasteiger partial charge in [0.2, 0.25) is 0 Å². The number of likely N-dealkylation sites (tertiary alicyclic amines) is 1. The molecule has 2 aliphatic rings. The Morgan fingerprint density at radius 3 is 2.68 bits per heavy atom. The lowest BCUT2D eigenvalue weighted by Gasteiger charge is -2.40. The molecule has 0 aromatic heterocycles. The normalized spacial score (nSPS) is 25.2. The van der Waals surface area contributed by atoms with Crippen molar-refractivity contribution in [2.75, 3.05) is 52.5 Å². The second kappa shape index (κ2) is 8.25. The molecule has 6 heteroatoms. The minimum atomic E-state index is -0.471. The molecule has 2 atom stereocenters. The number of rotatable bonds is 4. The highest BCUT2D eigenvalue weighted by Crippen LogP contribution is 2.25. The predicted octanol–water partition coefficient (Wildman–Crippen LogP) is 1.54. The second-order valence-corrected chi connectivity index (χ2v) is 7.26. The highest BCUT2D eigenvalue weighted by molar-refractivity contribution is 5.94. The van der Waals surface area contributed by atoms with E-state index in [4.69, 9.17) is 4.74 Å². The largest absolute Gasteiger partial charge is 0.396 e. The zero-order chi connectivity index (χ0) is 17.8. The van der Waals surface area contributed by atoms with Crippen molar-refractivity contribution in [1.29, 1.82) is 0 Å². The SMILES string of the molecule is Cc1ccc(C(=O)N2C[C@@H](CO)C[C@@H](CN3CCOCC3)C2)c(F)c1. The fraction of sp³-hybridized carbons (Fsp3) is 0.632. The average Bonchev–Trinajstić information content (AvgIpc) is 2.62. The number of aliphatic hydroxyl groups excluding tert-OH is 1. The van der Waals surface area contributed by atoms with Crippen molar-refractivity contribution in [3.05, 3.63) is 35.1 Å². The number of aliphatic hydroxyl groups is 1. The van der Waals surface area contributed by atoms with E-state index < -0.39 is 5.82 Å². The first-order chi connectivity index (χ1) is 12.1. The molecule has 2 fully saturated rings. The number of hydrogen-bond acceptors (Lipinski definition) is 4. The first-order valence-corrected chi connectivity index (χ1v) is 9.03. The summed E-state index contributed by atoms with van der Waals surface area (Å²) < 4.78 is 19.6. The standard InChI is InChI=1S/C19H27FN2O3/c1-14-2-3-17(18(20)8-14)19(24)22-11-15(9-16(12-22)13-23)10-21-4-6-25-7-5-21/h2-3,8,15-16,23H,4-7,9-13H2,1H3/t15-,16-/m0/s1. The van der Waals surface area contributed by atoms with E-state index in [9.17, 15) is 14.3 Å². The van der Waals surface area contributed by atoms with Crippen molar-refractivity contribution in [1.82, 2.24) is 9.80 Å². The molecule has 1 aromatic rings. The molecule has 2 heterocycles. The van der Waals surface area contributed by atoms with E-state index in [1.165, 1.54) is 6.07 Å². The Kier molecular flexibility index (Phi) is 6.04. The summed E-state index contributed by atoms with van der Waals surface area (Å²) in [6, 6.07) is 4.72. The summed E-state index contributed by atoms with van der Waals surface area (Å²) in [5.41, 5.74) is 0.917. The molecular formula is C19H27FN2O3. The summed E-state index contributed by atoms with van der Waals surface area (Å²) in [5, 5.41) is 9.63. The van der Waals surface area contributed by atoms with E-state index in [-0.39, 0.29) is 24.0 Å². The Morgan fingerprint density at radius 2 is 2.00 bits per heavy atom. The molecule has 0 radical (unpaired) electrons. The lowest BCUT2D eigenvalue weighted by atomic mass is 9.88. The molecule has 138 valence electrons. The molecule has 3 rings (SSSR count). The maximum absolute atomic E-state index is 14.2. The molecule has 25 heavy (non-hydrogen) atoms. The van der Waals surface area contributed by atoms with Gasteiger partial charge in [-0.25, -0.2) is 4.39 Å². The van der Waals surface area contributed by atoms with E-state index >= 15 is 0 Å². The summed E-state index contributed by atoms with van der Waals surface area (Å²) in [4.78, 5) is 16.9. The lowest BCUT2D eigenvalue weighted by Crippen LogP contribution is -2.49. The van der Waals surface area contributed by atoms with Gasteiger partial charge in [-0.3, -0.25) is 9.69 Å². The van der Waals surface area contributed by atoms with Gasteiger partial charge in [0.25, 0.3) is 5.91 Å². The number of aryl methyl sites for hydroxylation is 1. The van der Waals surface area contributed by atoms with Gasteiger partial charge in [-0.15, -0.1) is 0 Å². The van der Waals surface area contributed by atoms with Crippen molar-refractivity contribution < 1.29 is 19.0 Å². The molecular weight excluding hydrogens is 323 g/mol. The van der Waals surface area contributed by atoms with E-state index in [0.29, 0.717) is 19.0 Å². The highest BCUT2D eigenvalue weighted by atomic mass is 19.1. The minimum absolute atomic E-state index is 0.0530. The first-order valence-electron chi connectivity index (χ1n) is 9.03. The number of nitrogens with zero attached hydrogens (tertiary/aromatic N) is 2. The molecule has 1 aromatic carbocycles. The van der Waals surface area contributed by atoms with Gasteiger partial charge >= 0.3 is 0 Å². The highest BCUT2D eigenvalue weighted by Gasteiger charge is 2.32. The smallest absolute Gasteiger partial charge is 0.256 e. The van der Waals surface area contributed by atoms with E-state index in [2.05, 4.69) is 4.90 Å². The number of amides is 1. The van der Waals surface area contributed by atoms with Gasteiger partial charge < -0.3 is 14.7 Å². The second-order valence-electron chi connectivity index (χ2n) is 7.26. The Balaban J connectivity index is 1.69. The Morgan fingerprint density at radius 1 is 1.28 bits per heavy atom. The monoisotopic (exact) mass is 350 g/mol. The van der Waals surface area contributed by atoms with E-state index in [1.807, 2.05) is 0 Å². The maximum atomic E-state index is 14.2. The fourth-order valence-corrected chi connectivity index (χ4v) is 3.86. The maximum Gasteiger partial charge on any atom is 0.256 e. The van der Waals surface area contributed by atoms with Gasteiger partial charge in [0.1, 0.15) is 5.82 Å². The minimum Gasteiger partial charge on any atom is -0.396 e. The van der Waals surface area contributed by atoms with Crippen LogP contribution >= 0.6 is 0 Å². The number of carbonyl (C=O) groups excluding carboxylic acids is 1. The topological polar surface area (TPSA) is 53.0 Å². The lowest BCUT2D eigenvalue weighted by molar-refractivity contribution is 0.0129. The zero-order valence-corrected chi connectivity index (χ0v) is 14.8. The number of carbonyl (C=O) groups is 1. The summed E-state index contributed by atoms with van der Waals surface area (Å²) in [7, 11) is 0. The number of piperidine rings is 1. The molecule has 1 N–H and O–H groups in total. The van der Waals surface area contributed by atoms with Crippen molar-refractivity contribution in [2.24, 2.45) is 11.8 Å². The van der Waals surface area contributed by atoms with Crippen LogP contribution in [-0.2, 0) is 4.74 Å². The van der Waals surface area contributed by atoms with Crippen molar-refractivity contribution in [2.45, 2.75) is 13.3 Å². The molecule has 0 unspecified atom stereocenters. The van der Waals surface area contributed by atoms with Crippen LogP contribution in [-0.4, -0.2) is 73.4 Å². The van der Waals surface area contributed by atoms with Crippen LogP contribution in [0.4, 0.5) is 4.39 Å². The van der Waals surface area contributed by atoms with Gasteiger partial charge in [-0.2, -0.15) is 0 Å². The van der Waals surface area contributed by atoms with E-state index in [1.54, 1.807) is 24.0 Å². The van der Waals surface area contributed by atoms with Gasteiger partial charge in [0, 0.05) is 39.3 Å². The molecule has 0 spiro atoms. The van der Waals surface area contributed by atoms with Gasteiger partial charge in [0.05, 0.1) is 18.8 Å². The number of benzene rings is 1. The third-order valence-corrected chi connectivity index (χ3v) is 5.14. The first kappa shape index (κ1) is 18.3. The number of halogens is 1. The Hall–Kier alpha value is -1.50. The molecule has 2 aliphatic heterocycles. The van der Waals surface area contributed by atoms with Crippen molar-refractivity contribution >= 4 is 5.91 Å². The van der Waals surface area contributed by atoms with Crippen LogP contribution in [0.2, 0.25) is 0 Å². The molecule has 0 aliphatic carbocycles. The van der Waals surface area contributed by atoms with Crippen LogP contribution in [0.5, 0.6) is 0 Å². The third kappa shape index (κ3) is 4.57. The van der Waals surface area contributed by atoms with Gasteiger partial charge in [0.15, 0.2) is 0 Å². The third-order valence-electron chi connectivity index (χ3n) is 5.14. The van der Waals surface area contributed by atoms with E-state index in [0.717, 1.165) is 44.8 Å². The summed E-state index contributed by atoms with van der Waals surface area (Å²) in [5.74, 6) is -0.401. The Bertz CT molecular complexity index is 604. The summed E-state index contributed by atoms with van der Waals surface area (Å²) in [6.45, 7) is 7.14. The molecule has 1 amide bonds. The van der Waals surface area contributed by atoms with Gasteiger partial charge in [-0.05, 0) is 42.9 Å². The zero-order valence-electron chi connectivity index (χ0n) is 14.8. The fourth-order valence-electron chi connectivity index (χ4n) is 3.86. The predicted molar refractivity (Wildman–Crippen MR) is 93.0 cm³/mol. The molecule has 5 nitrogen and oxygen atoms in total. The Labute approximate surface area is 148 Å². The van der Waals surface area contributed by atoms with Crippen molar-refractivity contribution in [3.8, 4) is 0 Å². The molecule has 0 bridgehead atoms. The van der Waals surface area contributed by atoms with Crippen LogP contribution in [0.3, 0.4) is 0 Å². The van der Waals surface area contributed by atoms with Crippen LogP contribution in [0.15, 0.2) is 18.2 Å². The van der Waals surface area contributed by atoms with Crippen LogP contribution in [0.25, 0.3) is 0 Å². The molecule has 2 saturated heterocycles. The number of hydrogen-bond donors (Lipinski definition) is 1. The van der Waals surface area contributed by atoms with Crippen molar-refractivity contribution in [3.63, 3.8) is 0 Å². The average molecular weight is 350 g/mol.